The van der Waals surface area contributed by atoms with E-state index in [0.717, 1.165) is 28.0 Å². The van der Waals surface area contributed by atoms with Crippen molar-refractivity contribution in [2.75, 3.05) is 13.7 Å². The average Bonchev–Trinajstić information content (AvgIpc) is 3.59. The highest BCUT2D eigenvalue weighted by molar-refractivity contribution is 5.91. The van der Waals surface area contributed by atoms with E-state index >= 15 is 0 Å². The third-order valence-electron chi connectivity index (χ3n) is 7.25. The molecule has 3 aromatic heterocycles. The molecular weight excluding hydrogens is 522 g/mol. The molecule has 0 atom stereocenters. The van der Waals surface area contributed by atoms with Crippen LogP contribution in [0, 0.1) is 11.3 Å². The third-order valence-corrected chi connectivity index (χ3v) is 7.25. The zero-order chi connectivity index (χ0) is 28.9. The first-order valence-corrected chi connectivity index (χ1v) is 13.9. The molecule has 0 unspecified atom stereocenters. The van der Waals surface area contributed by atoms with Gasteiger partial charge in [0.2, 0.25) is 0 Å². The van der Waals surface area contributed by atoms with Crippen LogP contribution in [0.2, 0.25) is 0 Å². The van der Waals surface area contributed by atoms with Gasteiger partial charge in [0, 0.05) is 30.9 Å². The zero-order valence-corrected chi connectivity index (χ0v) is 23.5. The summed E-state index contributed by atoms with van der Waals surface area (Å²) in [6.45, 7) is 4.64. The van der Waals surface area contributed by atoms with E-state index in [0.29, 0.717) is 49.6 Å². The first-order valence-electron chi connectivity index (χ1n) is 13.9. The van der Waals surface area contributed by atoms with Crippen molar-refractivity contribution in [1.29, 1.82) is 5.26 Å². The molecule has 11 heteroatoms. The Hall–Kier alpha value is -4.72. The van der Waals surface area contributed by atoms with Crippen molar-refractivity contribution in [2.45, 2.75) is 65.0 Å². The number of aryl methyl sites for hydroxylation is 1. The molecule has 1 aromatic carbocycles. The third kappa shape index (κ3) is 6.22. The lowest BCUT2D eigenvalue weighted by molar-refractivity contribution is -0.143. The molecule has 1 aliphatic carbocycles. The van der Waals surface area contributed by atoms with Gasteiger partial charge in [-0.15, -0.1) is 5.10 Å². The maximum atomic E-state index is 12.9. The van der Waals surface area contributed by atoms with E-state index in [1.54, 1.807) is 37.0 Å². The van der Waals surface area contributed by atoms with Crippen molar-refractivity contribution >= 4 is 17.5 Å². The number of fused-ring (bicyclic) bond motifs is 1. The van der Waals surface area contributed by atoms with Crippen LogP contribution in [0.5, 0.6) is 5.75 Å². The van der Waals surface area contributed by atoms with Crippen LogP contribution in [0.25, 0.3) is 5.65 Å². The molecule has 0 bridgehead atoms. The van der Waals surface area contributed by atoms with E-state index in [1.807, 2.05) is 17.5 Å². The van der Waals surface area contributed by atoms with Crippen molar-refractivity contribution in [3.8, 4) is 11.8 Å². The number of imidazole rings is 1. The Bertz CT molecular complexity index is 1630. The highest BCUT2D eigenvalue weighted by atomic mass is 16.5. The predicted molar refractivity (Wildman–Crippen MR) is 150 cm³/mol. The Morgan fingerprint density at radius 2 is 2.00 bits per heavy atom. The summed E-state index contributed by atoms with van der Waals surface area (Å²) in [5.74, 6) is 0.624. The zero-order valence-electron chi connectivity index (χ0n) is 23.5. The molecule has 0 radical (unpaired) electrons. The lowest BCUT2D eigenvalue weighted by Gasteiger charge is -2.14. The number of nitriles is 1. The minimum Gasteiger partial charge on any atom is -0.496 e. The van der Waals surface area contributed by atoms with E-state index in [4.69, 9.17) is 14.5 Å². The number of carbonyl (C=O) groups is 2. The normalized spacial score (nSPS) is 12.7. The van der Waals surface area contributed by atoms with Crippen molar-refractivity contribution < 1.29 is 19.1 Å². The van der Waals surface area contributed by atoms with E-state index in [2.05, 4.69) is 34.0 Å². The SMILES string of the molecule is CCOC(=O)CCc1cc(C2CC2)cn2cc(Cn3cc(C(=O)NCc4c(C#N)ccc(OC)c4CC)nn3)nc12. The van der Waals surface area contributed by atoms with E-state index in [9.17, 15) is 14.9 Å². The number of nitrogens with zero attached hydrogens (tertiary/aromatic N) is 6. The predicted octanol–water partition coefficient (Wildman–Crippen LogP) is 3.72. The number of pyridine rings is 1. The Labute approximate surface area is 238 Å². The van der Waals surface area contributed by atoms with Crippen LogP contribution < -0.4 is 10.1 Å². The molecule has 4 aromatic rings. The van der Waals surface area contributed by atoms with Gasteiger partial charge in [-0.2, -0.15) is 5.26 Å². The van der Waals surface area contributed by atoms with Crippen LogP contribution in [0.4, 0.5) is 0 Å². The molecule has 11 nitrogen and oxygen atoms in total. The van der Waals surface area contributed by atoms with Gasteiger partial charge in [0.1, 0.15) is 11.4 Å². The Balaban J connectivity index is 1.30. The molecule has 0 aliphatic heterocycles. The first-order chi connectivity index (χ1) is 19.9. The first kappa shape index (κ1) is 27.8. The van der Waals surface area contributed by atoms with Gasteiger partial charge >= 0.3 is 5.97 Å². The lowest BCUT2D eigenvalue weighted by Crippen LogP contribution is -2.24. The fourth-order valence-corrected chi connectivity index (χ4v) is 5.08. The van der Waals surface area contributed by atoms with Gasteiger partial charge < -0.3 is 19.2 Å². The maximum absolute atomic E-state index is 12.9. The number of hydrogen-bond donors (Lipinski definition) is 1. The summed E-state index contributed by atoms with van der Waals surface area (Å²) in [5, 5.41) is 20.6. The number of amides is 1. The molecule has 41 heavy (non-hydrogen) atoms. The van der Waals surface area contributed by atoms with Crippen LogP contribution in [0.3, 0.4) is 0 Å². The average molecular weight is 556 g/mol. The van der Waals surface area contributed by atoms with Crippen LogP contribution >= 0.6 is 0 Å². The molecule has 0 saturated heterocycles. The highest BCUT2D eigenvalue weighted by Gasteiger charge is 2.25. The smallest absolute Gasteiger partial charge is 0.306 e. The van der Waals surface area contributed by atoms with Gasteiger partial charge in [-0.1, -0.05) is 18.2 Å². The summed E-state index contributed by atoms with van der Waals surface area (Å²) >= 11 is 0. The molecule has 5 rings (SSSR count). The summed E-state index contributed by atoms with van der Waals surface area (Å²) < 4.78 is 14.1. The second-order valence-corrected chi connectivity index (χ2v) is 10.1. The van der Waals surface area contributed by atoms with Crippen LogP contribution in [0.1, 0.15) is 83.0 Å². The molecule has 3 heterocycles. The topological polar surface area (TPSA) is 136 Å². The number of hydrogen-bond acceptors (Lipinski definition) is 8. The minimum absolute atomic E-state index is 0.166. The fraction of sp³-hybridized carbons (Fsp3) is 0.400. The van der Waals surface area contributed by atoms with Gasteiger partial charge in [-0.05, 0) is 67.3 Å². The quantitative estimate of drug-likeness (QED) is 0.261. The van der Waals surface area contributed by atoms with E-state index < -0.39 is 5.91 Å². The molecule has 212 valence electrons. The van der Waals surface area contributed by atoms with Gasteiger partial charge in [0.25, 0.3) is 5.91 Å². The summed E-state index contributed by atoms with van der Waals surface area (Å²) in [6, 6.07) is 7.81. The molecule has 1 saturated carbocycles. The summed E-state index contributed by atoms with van der Waals surface area (Å²) in [7, 11) is 1.58. The van der Waals surface area contributed by atoms with Crippen LogP contribution in [-0.4, -0.2) is 50.0 Å². The number of methoxy groups -OCH3 is 1. The van der Waals surface area contributed by atoms with Crippen molar-refractivity contribution in [2.24, 2.45) is 0 Å². The van der Waals surface area contributed by atoms with Gasteiger partial charge in [0.05, 0.1) is 43.8 Å². The molecule has 1 aliphatic rings. The number of esters is 1. The summed E-state index contributed by atoms with van der Waals surface area (Å²) in [4.78, 5) is 29.7. The Morgan fingerprint density at radius 3 is 2.71 bits per heavy atom. The highest BCUT2D eigenvalue weighted by Crippen LogP contribution is 2.40. The molecule has 1 amide bonds. The van der Waals surface area contributed by atoms with Gasteiger partial charge in [-0.3, -0.25) is 9.59 Å². The largest absolute Gasteiger partial charge is 0.496 e. The van der Waals surface area contributed by atoms with Gasteiger partial charge in [0.15, 0.2) is 5.69 Å². The second kappa shape index (κ2) is 12.2. The second-order valence-electron chi connectivity index (χ2n) is 10.1. The summed E-state index contributed by atoms with van der Waals surface area (Å²) in [5.41, 5.74) is 6.08. The number of nitrogens with one attached hydrogen (secondary N) is 1. The van der Waals surface area contributed by atoms with Crippen LogP contribution in [-0.2, 0) is 35.5 Å². The Morgan fingerprint density at radius 1 is 1.17 bits per heavy atom. The number of benzene rings is 1. The maximum Gasteiger partial charge on any atom is 0.306 e. The standard InChI is InChI=1S/C30H33N7O4/c1-4-24-25(21(13-31)8-10-27(24)40-3)14-32-30(39)26-18-37(35-34-26)17-23-16-36-15-22(19-6-7-19)12-20(29(36)33-23)9-11-28(38)41-5-2/h8,10,12,15-16,18-19H,4-7,9,11,14,17H2,1-3H3,(H,32,39). The lowest BCUT2D eigenvalue weighted by atomic mass is 9.98. The van der Waals surface area contributed by atoms with Crippen molar-refractivity contribution in [3.05, 3.63) is 76.0 Å². The monoisotopic (exact) mass is 555 g/mol. The van der Waals surface area contributed by atoms with Crippen LogP contribution in [0.15, 0.2) is 36.8 Å². The molecule has 1 N–H and O–H groups in total. The number of ether oxygens (including phenoxy) is 2. The minimum atomic E-state index is -0.393. The van der Waals surface area contributed by atoms with E-state index in [1.165, 1.54) is 18.4 Å². The molecule has 1 fully saturated rings. The molecular formula is C30H33N7O4. The van der Waals surface area contributed by atoms with Gasteiger partial charge in [-0.25, -0.2) is 9.67 Å². The van der Waals surface area contributed by atoms with Crippen molar-refractivity contribution in [3.63, 3.8) is 0 Å². The number of aromatic nitrogens is 5. The number of rotatable bonds is 12. The van der Waals surface area contributed by atoms with Crippen molar-refractivity contribution in [1.82, 2.24) is 29.7 Å². The Kier molecular flexibility index (Phi) is 8.29. The molecule has 0 spiro atoms. The van der Waals surface area contributed by atoms with E-state index in [-0.39, 0.29) is 18.2 Å². The fourth-order valence-electron chi connectivity index (χ4n) is 5.08. The number of carbonyl (C=O) groups excluding carboxylic acids is 2. The summed E-state index contributed by atoms with van der Waals surface area (Å²) in [6.07, 6.45) is 9.48.